The first-order valence-electron chi connectivity index (χ1n) is 12.1. The minimum absolute atomic E-state index is 0.0842. The van der Waals surface area contributed by atoms with E-state index in [9.17, 15) is 4.79 Å². The molecule has 1 saturated carbocycles. The third-order valence-electron chi connectivity index (χ3n) is 6.84. The topological polar surface area (TPSA) is 88.0 Å². The van der Waals surface area contributed by atoms with Crippen molar-refractivity contribution in [1.82, 2.24) is 24.8 Å². The van der Waals surface area contributed by atoms with Crippen LogP contribution in [0.3, 0.4) is 0 Å². The monoisotopic (exact) mass is 447 g/mol. The average molecular weight is 448 g/mol. The SMILES string of the molecule is CCc1cc2cnc(Nc3ccc(N4CCNC(C)(C)C4)cn3)nc2n(C2CCCC2)c1=O. The number of nitrogens with one attached hydrogen (secondary N) is 2. The lowest BCUT2D eigenvalue weighted by Gasteiger charge is -2.40. The van der Waals surface area contributed by atoms with Crippen molar-refractivity contribution in [3.63, 3.8) is 0 Å². The summed E-state index contributed by atoms with van der Waals surface area (Å²) in [6.07, 6.45) is 8.79. The maximum atomic E-state index is 13.2. The molecular weight excluding hydrogens is 414 g/mol. The summed E-state index contributed by atoms with van der Waals surface area (Å²) in [5.74, 6) is 1.15. The van der Waals surface area contributed by atoms with E-state index < -0.39 is 0 Å². The Labute approximate surface area is 194 Å². The molecule has 0 radical (unpaired) electrons. The molecule has 0 spiro atoms. The molecule has 2 aliphatic rings. The van der Waals surface area contributed by atoms with Crippen LogP contribution in [0.5, 0.6) is 0 Å². The molecule has 8 heteroatoms. The number of rotatable bonds is 5. The summed E-state index contributed by atoms with van der Waals surface area (Å²) in [4.78, 5) is 29.4. The van der Waals surface area contributed by atoms with Crippen LogP contribution in [0.2, 0.25) is 0 Å². The van der Waals surface area contributed by atoms with Gasteiger partial charge in [0.25, 0.3) is 5.56 Å². The van der Waals surface area contributed by atoms with Crippen LogP contribution < -0.4 is 21.1 Å². The highest BCUT2D eigenvalue weighted by atomic mass is 16.1. The Bertz CT molecular complexity index is 1200. The van der Waals surface area contributed by atoms with Crippen molar-refractivity contribution in [2.45, 2.75) is 64.5 Å². The second-order valence-corrected chi connectivity index (χ2v) is 9.87. The maximum absolute atomic E-state index is 13.2. The summed E-state index contributed by atoms with van der Waals surface area (Å²) in [7, 11) is 0. The van der Waals surface area contributed by atoms with E-state index in [0.29, 0.717) is 23.8 Å². The van der Waals surface area contributed by atoms with Crippen LogP contribution >= 0.6 is 0 Å². The smallest absolute Gasteiger partial charge is 0.255 e. The molecule has 1 aliphatic heterocycles. The normalized spacial score (nSPS) is 18.7. The van der Waals surface area contributed by atoms with E-state index in [2.05, 4.69) is 45.4 Å². The third-order valence-corrected chi connectivity index (χ3v) is 6.84. The van der Waals surface area contributed by atoms with Crippen molar-refractivity contribution in [2.24, 2.45) is 0 Å². The van der Waals surface area contributed by atoms with Gasteiger partial charge in [0.2, 0.25) is 5.95 Å². The number of fused-ring (bicyclic) bond motifs is 1. The first kappa shape index (κ1) is 21.8. The van der Waals surface area contributed by atoms with Gasteiger partial charge >= 0.3 is 0 Å². The third kappa shape index (κ3) is 4.44. The predicted octanol–water partition coefficient (Wildman–Crippen LogP) is 3.80. The summed E-state index contributed by atoms with van der Waals surface area (Å²) < 4.78 is 1.91. The Morgan fingerprint density at radius 1 is 1.18 bits per heavy atom. The van der Waals surface area contributed by atoms with Crippen molar-refractivity contribution in [3.8, 4) is 0 Å². The fourth-order valence-corrected chi connectivity index (χ4v) is 5.12. The van der Waals surface area contributed by atoms with Gasteiger partial charge in [-0.05, 0) is 51.3 Å². The zero-order chi connectivity index (χ0) is 23.0. The van der Waals surface area contributed by atoms with E-state index >= 15 is 0 Å². The molecule has 0 unspecified atom stereocenters. The van der Waals surface area contributed by atoms with E-state index in [1.807, 2.05) is 36.0 Å². The zero-order valence-electron chi connectivity index (χ0n) is 19.8. The quantitative estimate of drug-likeness (QED) is 0.615. The van der Waals surface area contributed by atoms with Crippen LogP contribution in [0.15, 0.2) is 35.4 Å². The molecule has 174 valence electrons. The van der Waals surface area contributed by atoms with Crippen LogP contribution in [0.1, 0.15) is 58.1 Å². The lowest BCUT2D eigenvalue weighted by atomic mass is 10.0. The Morgan fingerprint density at radius 3 is 2.70 bits per heavy atom. The molecule has 3 aromatic heterocycles. The van der Waals surface area contributed by atoms with E-state index in [-0.39, 0.29) is 17.1 Å². The molecule has 2 N–H and O–H groups in total. The van der Waals surface area contributed by atoms with Gasteiger partial charge < -0.3 is 15.5 Å². The highest BCUT2D eigenvalue weighted by Crippen LogP contribution is 2.31. The first-order valence-corrected chi connectivity index (χ1v) is 12.1. The number of pyridine rings is 2. The van der Waals surface area contributed by atoms with Gasteiger partial charge in [0.15, 0.2) is 0 Å². The second-order valence-electron chi connectivity index (χ2n) is 9.87. The molecule has 3 aromatic rings. The fourth-order valence-electron chi connectivity index (χ4n) is 5.12. The fraction of sp³-hybridized carbons (Fsp3) is 0.520. The number of aromatic nitrogens is 4. The van der Waals surface area contributed by atoms with Gasteiger partial charge in [0.1, 0.15) is 11.5 Å². The molecule has 4 heterocycles. The van der Waals surface area contributed by atoms with Crippen LogP contribution in [-0.4, -0.2) is 44.7 Å². The number of hydrogen-bond donors (Lipinski definition) is 2. The Kier molecular flexibility index (Phi) is 5.78. The van der Waals surface area contributed by atoms with Crippen molar-refractivity contribution in [2.75, 3.05) is 29.9 Å². The van der Waals surface area contributed by atoms with Crippen LogP contribution in [0.4, 0.5) is 17.5 Å². The van der Waals surface area contributed by atoms with Gasteiger partial charge in [0.05, 0.1) is 11.9 Å². The van der Waals surface area contributed by atoms with E-state index in [1.54, 1.807) is 0 Å². The summed E-state index contributed by atoms with van der Waals surface area (Å²) in [6, 6.07) is 6.20. The summed E-state index contributed by atoms with van der Waals surface area (Å²) in [6.45, 7) is 9.32. The van der Waals surface area contributed by atoms with Gasteiger partial charge in [-0.2, -0.15) is 4.98 Å². The number of aryl methyl sites for hydroxylation is 1. The molecule has 5 rings (SSSR count). The lowest BCUT2D eigenvalue weighted by Crippen LogP contribution is -2.57. The summed E-state index contributed by atoms with van der Waals surface area (Å²) in [5, 5.41) is 7.68. The molecule has 0 bridgehead atoms. The van der Waals surface area contributed by atoms with Crippen LogP contribution in [0, 0.1) is 0 Å². The van der Waals surface area contributed by atoms with Crippen molar-refractivity contribution in [3.05, 3.63) is 46.5 Å². The minimum atomic E-state index is 0.0842. The standard InChI is InChI=1S/C25H33N7O/c1-4-17-13-18-14-27-24(30-22(18)32(23(17)33)19-7-5-6-8-19)29-21-10-9-20(15-26-21)31-12-11-28-25(2,3)16-31/h9-10,13-15,19,28H,4-8,11-12,16H2,1-3H3,(H,26,27,29,30). The number of nitrogens with zero attached hydrogens (tertiary/aromatic N) is 5. The molecule has 8 nitrogen and oxygen atoms in total. The Balaban J connectivity index is 1.42. The maximum Gasteiger partial charge on any atom is 0.255 e. The van der Waals surface area contributed by atoms with Crippen molar-refractivity contribution in [1.29, 1.82) is 0 Å². The molecule has 33 heavy (non-hydrogen) atoms. The molecular formula is C25H33N7O. The first-order chi connectivity index (χ1) is 15.9. The van der Waals surface area contributed by atoms with E-state index in [1.165, 1.54) is 0 Å². The largest absolute Gasteiger partial charge is 0.367 e. The van der Waals surface area contributed by atoms with Gasteiger partial charge in [-0.25, -0.2) is 9.97 Å². The predicted molar refractivity (Wildman–Crippen MR) is 132 cm³/mol. The highest BCUT2D eigenvalue weighted by Gasteiger charge is 2.26. The number of piperazine rings is 1. The molecule has 2 fully saturated rings. The average Bonchev–Trinajstić information content (AvgIpc) is 3.33. The highest BCUT2D eigenvalue weighted by molar-refractivity contribution is 5.76. The molecule has 0 amide bonds. The summed E-state index contributed by atoms with van der Waals surface area (Å²) in [5.41, 5.74) is 2.81. The molecule has 1 saturated heterocycles. The summed E-state index contributed by atoms with van der Waals surface area (Å²) >= 11 is 0. The van der Waals surface area contributed by atoms with E-state index in [4.69, 9.17) is 4.98 Å². The van der Waals surface area contributed by atoms with Gasteiger partial charge in [-0.15, -0.1) is 0 Å². The zero-order valence-corrected chi connectivity index (χ0v) is 19.8. The van der Waals surface area contributed by atoms with Crippen LogP contribution in [0.25, 0.3) is 11.0 Å². The molecule has 0 aromatic carbocycles. The van der Waals surface area contributed by atoms with Crippen molar-refractivity contribution >= 4 is 28.5 Å². The van der Waals surface area contributed by atoms with Gasteiger partial charge in [0, 0.05) is 48.4 Å². The lowest BCUT2D eigenvalue weighted by molar-refractivity contribution is 0.353. The number of hydrogen-bond acceptors (Lipinski definition) is 7. The van der Waals surface area contributed by atoms with Crippen molar-refractivity contribution < 1.29 is 0 Å². The van der Waals surface area contributed by atoms with Gasteiger partial charge in [-0.3, -0.25) is 9.36 Å². The van der Waals surface area contributed by atoms with Gasteiger partial charge in [-0.1, -0.05) is 19.8 Å². The minimum Gasteiger partial charge on any atom is -0.367 e. The second kappa shape index (κ2) is 8.74. The molecule has 0 atom stereocenters. The molecule has 1 aliphatic carbocycles. The van der Waals surface area contributed by atoms with E-state index in [0.717, 1.165) is 62.0 Å². The Hall–Kier alpha value is -3.00. The van der Waals surface area contributed by atoms with Crippen LogP contribution in [-0.2, 0) is 6.42 Å². The number of anilines is 3. The Morgan fingerprint density at radius 2 is 2.00 bits per heavy atom.